The molecule has 1 amide bonds. The van der Waals surface area contributed by atoms with E-state index in [1.54, 1.807) is 18.6 Å². The molecule has 3 aromatic rings. The number of pyridine rings is 2. The van der Waals surface area contributed by atoms with E-state index < -0.39 is 0 Å². The zero-order valence-electron chi connectivity index (χ0n) is 21.0. The van der Waals surface area contributed by atoms with Crippen molar-refractivity contribution in [3.63, 3.8) is 0 Å². The highest BCUT2D eigenvalue weighted by atomic mass is 35.5. The van der Waals surface area contributed by atoms with E-state index in [-0.39, 0.29) is 18.4 Å². The summed E-state index contributed by atoms with van der Waals surface area (Å²) >= 11 is 6.53. The van der Waals surface area contributed by atoms with Crippen LogP contribution in [0.1, 0.15) is 55.8 Å². The summed E-state index contributed by atoms with van der Waals surface area (Å²) in [6.07, 6.45) is 14.4. The normalized spacial score (nSPS) is 14.2. The number of halogens is 1. The molecule has 0 unspecified atom stereocenters. The van der Waals surface area contributed by atoms with E-state index in [1.165, 1.54) is 6.42 Å². The van der Waals surface area contributed by atoms with E-state index in [9.17, 15) is 4.79 Å². The quantitative estimate of drug-likeness (QED) is 0.345. The van der Waals surface area contributed by atoms with Crippen LogP contribution in [0, 0.1) is 12.8 Å². The Labute approximate surface area is 218 Å². The van der Waals surface area contributed by atoms with Gasteiger partial charge in [0.15, 0.2) is 0 Å². The minimum absolute atomic E-state index is 0.0995. The maximum atomic E-state index is 12.7. The lowest BCUT2D eigenvalue weighted by Gasteiger charge is -2.21. The molecule has 7 heteroatoms. The highest BCUT2D eigenvalue weighted by molar-refractivity contribution is 6.31. The lowest BCUT2D eigenvalue weighted by atomic mass is 9.88. The number of hydrogen-bond donors (Lipinski definition) is 1. The fourth-order valence-corrected chi connectivity index (χ4v) is 4.95. The van der Waals surface area contributed by atoms with Gasteiger partial charge in [0.05, 0.1) is 10.7 Å². The van der Waals surface area contributed by atoms with Gasteiger partial charge in [-0.1, -0.05) is 55.7 Å². The summed E-state index contributed by atoms with van der Waals surface area (Å²) in [5, 5.41) is 4.55. The van der Waals surface area contributed by atoms with Crippen LogP contribution in [-0.4, -0.2) is 15.9 Å². The van der Waals surface area contributed by atoms with E-state index >= 15 is 0 Å². The SMILES string of the molecule is C=CN(/C=C\C)c1cc(C)nc2c(OCc3c(Cl)cncc3CNC(=O)C3CCCCC3)cccc12. The first-order chi connectivity index (χ1) is 17.5. The number of aryl methyl sites for hydroxylation is 1. The fraction of sp³-hybridized carbons (Fsp3) is 0.345. The molecular formula is C29H33ClN4O2. The van der Waals surface area contributed by atoms with Crippen molar-refractivity contribution in [2.45, 2.75) is 59.1 Å². The van der Waals surface area contributed by atoms with Crippen LogP contribution < -0.4 is 15.0 Å². The maximum Gasteiger partial charge on any atom is 0.223 e. The number of carbonyl (C=O) groups is 1. The van der Waals surface area contributed by atoms with Crippen molar-refractivity contribution in [3.8, 4) is 5.75 Å². The third-order valence-electron chi connectivity index (χ3n) is 6.59. The highest BCUT2D eigenvalue weighted by Gasteiger charge is 2.21. The molecule has 1 aliphatic carbocycles. The maximum absolute atomic E-state index is 12.7. The number of carbonyl (C=O) groups excluding carboxylic acids is 1. The molecule has 0 aliphatic heterocycles. The molecule has 1 fully saturated rings. The van der Waals surface area contributed by atoms with Gasteiger partial charge >= 0.3 is 0 Å². The standard InChI is InChI=1S/C29H33ClN4O2/c1-4-14-34(5-2)26-15-20(3)33-28-23(26)12-9-13-27(28)36-19-24-22(16-31-18-25(24)30)17-32-29(35)21-10-7-6-8-11-21/h4-5,9,12-16,18,21H,2,6-8,10-11,17,19H2,1,3H3,(H,32,35)/b14-4-. The van der Waals surface area contributed by atoms with Crippen molar-refractivity contribution in [2.75, 3.05) is 4.90 Å². The fourth-order valence-electron chi connectivity index (χ4n) is 4.72. The molecule has 1 saturated carbocycles. The Bertz CT molecular complexity index is 1270. The monoisotopic (exact) mass is 504 g/mol. The molecule has 2 heterocycles. The Morgan fingerprint density at radius 3 is 2.83 bits per heavy atom. The first-order valence-corrected chi connectivity index (χ1v) is 12.9. The number of para-hydroxylation sites is 1. The Morgan fingerprint density at radius 2 is 2.08 bits per heavy atom. The summed E-state index contributed by atoms with van der Waals surface area (Å²) in [6.45, 7) is 8.48. The minimum atomic E-state index is 0.0995. The van der Waals surface area contributed by atoms with E-state index in [4.69, 9.17) is 21.3 Å². The molecule has 6 nitrogen and oxygen atoms in total. The largest absolute Gasteiger partial charge is 0.487 e. The van der Waals surface area contributed by atoms with Crippen molar-refractivity contribution >= 4 is 34.1 Å². The van der Waals surface area contributed by atoms with Crippen LogP contribution >= 0.6 is 11.6 Å². The average molecular weight is 505 g/mol. The number of benzene rings is 1. The number of nitrogens with one attached hydrogen (secondary N) is 1. The van der Waals surface area contributed by atoms with Gasteiger partial charge in [-0.05, 0) is 44.4 Å². The van der Waals surface area contributed by atoms with Gasteiger partial charge in [-0.2, -0.15) is 0 Å². The zero-order chi connectivity index (χ0) is 25.5. The lowest BCUT2D eigenvalue weighted by molar-refractivity contribution is -0.126. The van der Waals surface area contributed by atoms with Crippen LogP contribution in [0.2, 0.25) is 5.02 Å². The summed E-state index contributed by atoms with van der Waals surface area (Å²) < 4.78 is 6.28. The zero-order valence-corrected chi connectivity index (χ0v) is 21.7. The number of aromatic nitrogens is 2. The number of fused-ring (bicyclic) bond motifs is 1. The average Bonchev–Trinajstić information content (AvgIpc) is 2.90. The van der Waals surface area contributed by atoms with Gasteiger partial charge in [0, 0.05) is 53.9 Å². The number of hydrogen-bond acceptors (Lipinski definition) is 5. The number of amides is 1. The second kappa shape index (κ2) is 12.0. The van der Waals surface area contributed by atoms with Crippen molar-refractivity contribution in [2.24, 2.45) is 5.92 Å². The van der Waals surface area contributed by atoms with Crippen LogP contribution in [0.4, 0.5) is 5.69 Å². The first-order valence-electron chi connectivity index (χ1n) is 12.5. The number of nitrogens with zero attached hydrogens (tertiary/aromatic N) is 3. The predicted molar refractivity (Wildman–Crippen MR) is 146 cm³/mol. The number of rotatable bonds is 9. The molecule has 2 aromatic heterocycles. The van der Waals surface area contributed by atoms with Gasteiger partial charge in [-0.25, -0.2) is 4.98 Å². The van der Waals surface area contributed by atoms with Crippen LogP contribution in [0.3, 0.4) is 0 Å². The molecule has 188 valence electrons. The van der Waals surface area contributed by atoms with Gasteiger partial charge in [0.2, 0.25) is 5.91 Å². The Kier molecular flexibility index (Phi) is 8.60. The van der Waals surface area contributed by atoms with Crippen LogP contribution in [0.5, 0.6) is 5.75 Å². The smallest absolute Gasteiger partial charge is 0.223 e. The topological polar surface area (TPSA) is 67.3 Å². The molecule has 0 spiro atoms. The lowest BCUT2D eigenvalue weighted by Crippen LogP contribution is -2.31. The molecule has 1 N–H and O–H groups in total. The van der Waals surface area contributed by atoms with E-state index in [2.05, 4.69) is 16.9 Å². The highest BCUT2D eigenvalue weighted by Crippen LogP contribution is 2.34. The van der Waals surface area contributed by atoms with Crippen molar-refractivity contribution in [3.05, 3.63) is 83.6 Å². The number of allylic oxidation sites excluding steroid dienone is 1. The van der Waals surface area contributed by atoms with E-state index in [0.717, 1.165) is 59.1 Å². The van der Waals surface area contributed by atoms with Crippen molar-refractivity contribution in [1.29, 1.82) is 0 Å². The van der Waals surface area contributed by atoms with Crippen LogP contribution in [0.25, 0.3) is 10.9 Å². The molecule has 1 aliphatic rings. The third-order valence-corrected chi connectivity index (χ3v) is 6.91. The summed E-state index contributed by atoms with van der Waals surface area (Å²) in [5.74, 6) is 0.866. The Morgan fingerprint density at radius 1 is 1.28 bits per heavy atom. The molecule has 1 aromatic carbocycles. The number of anilines is 1. The van der Waals surface area contributed by atoms with Gasteiger partial charge in [-0.3, -0.25) is 9.78 Å². The first kappa shape index (κ1) is 25.7. The van der Waals surface area contributed by atoms with Gasteiger partial charge in [0.25, 0.3) is 0 Å². The van der Waals surface area contributed by atoms with Crippen LogP contribution in [0.15, 0.2) is 61.7 Å². The summed E-state index contributed by atoms with van der Waals surface area (Å²) in [5.41, 5.74) is 4.27. The second-order valence-corrected chi connectivity index (χ2v) is 9.51. The summed E-state index contributed by atoms with van der Waals surface area (Å²) in [4.78, 5) is 23.6. The molecule has 0 saturated heterocycles. The van der Waals surface area contributed by atoms with Crippen molar-refractivity contribution in [1.82, 2.24) is 15.3 Å². The summed E-state index contributed by atoms with van der Waals surface area (Å²) in [7, 11) is 0. The van der Waals surface area contributed by atoms with Gasteiger partial charge in [-0.15, -0.1) is 0 Å². The van der Waals surface area contributed by atoms with E-state index in [0.29, 0.717) is 17.3 Å². The van der Waals surface area contributed by atoms with Crippen molar-refractivity contribution < 1.29 is 9.53 Å². The minimum Gasteiger partial charge on any atom is -0.487 e. The summed E-state index contributed by atoms with van der Waals surface area (Å²) in [6, 6.07) is 7.91. The van der Waals surface area contributed by atoms with Crippen LogP contribution in [-0.2, 0) is 17.9 Å². The molecule has 0 atom stereocenters. The molecule has 4 rings (SSSR count). The molecular weight excluding hydrogens is 472 g/mol. The van der Waals surface area contributed by atoms with Gasteiger partial charge < -0.3 is 15.0 Å². The predicted octanol–water partition coefficient (Wildman–Crippen LogP) is 6.85. The molecule has 0 radical (unpaired) electrons. The number of ether oxygens (including phenoxy) is 1. The van der Waals surface area contributed by atoms with Gasteiger partial charge in [0.1, 0.15) is 17.9 Å². The third kappa shape index (κ3) is 5.88. The Hall–Kier alpha value is -3.38. The molecule has 0 bridgehead atoms. The Balaban J connectivity index is 1.56. The second-order valence-electron chi connectivity index (χ2n) is 9.11. The molecule has 36 heavy (non-hydrogen) atoms. The van der Waals surface area contributed by atoms with E-state index in [1.807, 2.05) is 55.3 Å².